The summed E-state index contributed by atoms with van der Waals surface area (Å²) in [5, 5.41) is 22.1. The predicted molar refractivity (Wildman–Crippen MR) is 84.9 cm³/mol. The highest BCUT2D eigenvalue weighted by Crippen LogP contribution is 2.25. The summed E-state index contributed by atoms with van der Waals surface area (Å²) < 4.78 is 26.5. The number of aliphatic hydroxyl groups is 1. The maximum absolute atomic E-state index is 13.6. The van der Waals surface area contributed by atoms with Crippen LogP contribution < -0.4 is 5.32 Å². The minimum Gasteiger partial charge on any atom is -0.387 e. The second-order valence-corrected chi connectivity index (χ2v) is 6.01. The number of benzene rings is 1. The lowest BCUT2D eigenvalue weighted by atomic mass is 10.1. The molecule has 1 unspecified atom stereocenters. The van der Waals surface area contributed by atoms with Crippen LogP contribution in [0, 0.1) is 11.6 Å². The van der Waals surface area contributed by atoms with Gasteiger partial charge in [0.25, 0.3) is 0 Å². The molecule has 0 fully saturated rings. The molecule has 3 aromatic rings. The average molecular weight is 335 g/mol. The molecule has 4 nitrogen and oxygen atoms in total. The maximum atomic E-state index is 13.6. The molecule has 2 aromatic heterocycles. The molecule has 0 saturated heterocycles. The molecule has 0 aliphatic heterocycles. The molecule has 7 heteroatoms. The van der Waals surface area contributed by atoms with E-state index in [1.165, 1.54) is 6.07 Å². The SMILES string of the molecule is OC(CNCc1cn[nH]c1-c1cccs1)c1ccc(F)cc1F. The van der Waals surface area contributed by atoms with E-state index in [9.17, 15) is 13.9 Å². The molecule has 3 N–H and O–H groups in total. The molecular weight excluding hydrogens is 320 g/mol. The number of nitrogens with one attached hydrogen (secondary N) is 2. The molecule has 2 heterocycles. The fraction of sp³-hybridized carbons (Fsp3) is 0.188. The Labute approximate surface area is 135 Å². The summed E-state index contributed by atoms with van der Waals surface area (Å²) in [6.07, 6.45) is 0.667. The number of hydrogen-bond donors (Lipinski definition) is 3. The first kappa shape index (κ1) is 15.8. The van der Waals surface area contributed by atoms with Crippen molar-refractivity contribution >= 4 is 11.3 Å². The smallest absolute Gasteiger partial charge is 0.131 e. The quantitative estimate of drug-likeness (QED) is 0.648. The largest absolute Gasteiger partial charge is 0.387 e. The number of nitrogens with zero attached hydrogens (tertiary/aromatic N) is 1. The van der Waals surface area contributed by atoms with Crippen molar-refractivity contribution in [2.24, 2.45) is 0 Å². The number of aromatic nitrogens is 2. The molecule has 0 aliphatic carbocycles. The van der Waals surface area contributed by atoms with E-state index >= 15 is 0 Å². The summed E-state index contributed by atoms with van der Waals surface area (Å²) in [5.41, 5.74) is 1.96. The standard InChI is InChI=1S/C16H15F2N3OS/c17-11-3-4-12(13(18)6-11)14(22)9-19-7-10-8-20-21-16(10)15-2-1-5-23-15/h1-6,8,14,19,22H,7,9H2,(H,20,21). The predicted octanol–water partition coefficient (Wildman–Crippen LogP) is 3.24. The summed E-state index contributed by atoms with van der Waals surface area (Å²) in [5.74, 6) is -1.41. The van der Waals surface area contributed by atoms with Crippen molar-refractivity contribution in [1.29, 1.82) is 0 Å². The molecule has 0 spiro atoms. The summed E-state index contributed by atoms with van der Waals surface area (Å²) in [4.78, 5) is 1.07. The Kier molecular flexibility index (Phi) is 4.80. The second-order valence-electron chi connectivity index (χ2n) is 5.06. The summed E-state index contributed by atoms with van der Waals surface area (Å²) in [6.45, 7) is 0.626. The van der Waals surface area contributed by atoms with Gasteiger partial charge in [-0.2, -0.15) is 5.10 Å². The van der Waals surface area contributed by atoms with Crippen molar-refractivity contribution in [2.45, 2.75) is 12.6 Å². The van der Waals surface area contributed by atoms with Crippen LogP contribution in [0.2, 0.25) is 0 Å². The van der Waals surface area contributed by atoms with Crippen LogP contribution in [-0.4, -0.2) is 21.8 Å². The Hall–Kier alpha value is -2.09. The fourth-order valence-electron chi connectivity index (χ4n) is 2.30. The Balaban J connectivity index is 1.61. The van der Waals surface area contributed by atoms with Gasteiger partial charge in [-0.15, -0.1) is 11.3 Å². The van der Waals surface area contributed by atoms with E-state index in [0.717, 1.165) is 28.3 Å². The monoisotopic (exact) mass is 335 g/mol. The summed E-state index contributed by atoms with van der Waals surface area (Å²) in [7, 11) is 0. The van der Waals surface area contributed by atoms with Gasteiger partial charge in [-0.3, -0.25) is 5.10 Å². The first-order valence-corrected chi connectivity index (χ1v) is 7.93. The molecule has 0 amide bonds. The van der Waals surface area contributed by atoms with Crippen LogP contribution in [0.25, 0.3) is 10.6 Å². The highest BCUT2D eigenvalue weighted by Gasteiger charge is 2.14. The second kappa shape index (κ2) is 6.99. The number of hydrogen-bond acceptors (Lipinski definition) is 4. The molecule has 0 saturated carbocycles. The molecule has 120 valence electrons. The zero-order valence-electron chi connectivity index (χ0n) is 12.1. The van der Waals surface area contributed by atoms with Gasteiger partial charge < -0.3 is 10.4 Å². The van der Waals surface area contributed by atoms with E-state index in [-0.39, 0.29) is 12.1 Å². The number of thiophene rings is 1. The normalized spacial score (nSPS) is 12.5. The van der Waals surface area contributed by atoms with Crippen LogP contribution in [0.1, 0.15) is 17.2 Å². The first-order valence-electron chi connectivity index (χ1n) is 7.05. The zero-order chi connectivity index (χ0) is 16.2. The lowest BCUT2D eigenvalue weighted by Crippen LogP contribution is -2.21. The Morgan fingerprint density at radius 3 is 2.91 bits per heavy atom. The van der Waals surface area contributed by atoms with E-state index in [2.05, 4.69) is 15.5 Å². The van der Waals surface area contributed by atoms with Crippen molar-refractivity contribution < 1.29 is 13.9 Å². The van der Waals surface area contributed by atoms with Crippen LogP contribution in [0.3, 0.4) is 0 Å². The van der Waals surface area contributed by atoms with Crippen molar-refractivity contribution in [3.63, 3.8) is 0 Å². The molecule has 3 rings (SSSR count). The molecule has 0 bridgehead atoms. The van der Waals surface area contributed by atoms with E-state index in [0.29, 0.717) is 6.54 Å². The van der Waals surface area contributed by atoms with E-state index in [4.69, 9.17) is 0 Å². The third kappa shape index (κ3) is 3.64. The van der Waals surface area contributed by atoms with Crippen LogP contribution in [0.15, 0.2) is 41.9 Å². The van der Waals surface area contributed by atoms with Crippen molar-refractivity contribution in [1.82, 2.24) is 15.5 Å². The summed E-state index contributed by atoms with van der Waals surface area (Å²) >= 11 is 1.60. The van der Waals surface area contributed by atoms with Gasteiger partial charge in [-0.05, 0) is 17.5 Å². The Morgan fingerprint density at radius 1 is 1.30 bits per heavy atom. The van der Waals surface area contributed by atoms with E-state index in [1.807, 2.05) is 17.5 Å². The lowest BCUT2D eigenvalue weighted by molar-refractivity contribution is 0.169. The third-order valence-electron chi connectivity index (χ3n) is 3.46. The first-order chi connectivity index (χ1) is 11.1. The minimum absolute atomic E-state index is 0.0737. The molecule has 0 aliphatic rings. The molecule has 1 aromatic carbocycles. The number of halogens is 2. The fourth-order valence-corrected chi connectivity index (χ4v) is 3.06. The molecule has 1 atom stereocenters. The van der Waals surface area contributed by atoms with Crippen LogP contribution in [-0.2, 0) is 6.54 Å². The minimum atomic E-state index is -1.05. The average Bonchev–Trinajstić information content (AvgIpc) is 3.17. The van der Waals surface area contributed by atoms with E-state index < -0.39 is 17.7 Å². The molecule has 0 radical (unpaired) electrons. The van der Waals surface area contributed by atoms with E-state index in [1.54, 1.807) is 17.5 Å². The highest BCUT2D eigenvalue weighted by molar-refractivity contribution is 7.13. The van der Waals surface area contributed by atoms with Crippen LogP contribution in [0.4, 0.5) is 8.78 Å². The van der Waals surface area contributed by atoms with Crippen molar-refractivity contribution in [3.05, 3.63) is 64.7 Å². The molecular formula is C16H15F2N3OS. The van der Waals surface area contributed by atoms with Gasteiger partial charge in [0.05, 0.1) is 22.9 Å². The van der Waals surface area contributed by atoms with Gasteiger partial charge in [0.2, 0.25) is 0 Å². The van der Waals surface area contributed by atoms with Gasteiger partial charge in [-0.1, -0.05) is 12.1 Å². The highest BCUT2D eigenvalue weighted by atomic mass is 32.1. The zero-order valence-corrected chi connectivity index (χ0v) is 12.9. The van der Waals surface area contributed by atoms with Crippen LogP contribution >= 0.6 is 11.3 Å². The Bertz CT molecular complexity index is 773. The van der Waals surface area contributed by atoms with Gasteiger partial charge in [0.1, 0.15) is 11.6 Å². The van der Waals surface area contributed by atoms with Gasteiger partial charge in [-0.25, -0.2) is 8.78 Å². The van der Waals surface area contributed by atoms with Crippen molar-refractivity contribution in [3.8, 4) is 10.6 Å². The number of H-pyrrole nitrogens is 1. The number of aliphatic hydroxyl groups excluding tert-OH is 1. The molecule has 23 heavy (non-hydrogen) atoms. The summed E-state index contributed by atoms with van der Waals surface area (Å²) in [6, 6.07) is 7.10. The number of aromatic amines is 1. The maximum Gasteiger partial charge on any atom is 0.131 e. The van der Waals surface area contributed by atoms with Crippen molar-refractivity contribution in [2.75, 3.05) is 6.54 Å². The topological polar surface area (TPSA) is 60.9 Å². The number of rotatable bonds is 6. The lowest BCUT2D eigenvalue weighted by Gasteiger charge is -2.13. The van der Waals surface area contributed by atoms with Gasteiger partial charge >= 0.3 is 0 Å². The Morgan fingerprint density at radius 2 is 2.17 bits per heavy atom. The van der Waals surface area contributed by atoms with Crippen LogP contribution in [0.5, 0.6) is 0 Å². The third-order valence-corrected chi connectivity index (χ3v) is 4.35. The van der Waals surface area contributed by atoms with Gasteiger partial charge in [0.15, 0.2) is 0 Å². The van der Waals surface area contributed by atoms with Gasteiger partial charge in [0, 0.05) is 30.3 Å².